The molecular weight excluding hydrogens is 322 g/mol. The lowest BCUT2D eigenvalue weighted by Gasteiger charge is -2.27. The lowest BCUT2D eigenvalue weighted by molar-refractivity contribution is -0.139. The number of hydrogen-bond donors (Lipinski definition) is 2. The van der Waals surface area contributed by atoms with E-state index in [0.717, 1.165) is 23.3 Å². The van der Waals surface area contributed by atoms with E-state index in [1.54, 1.807) is 24.3 Å². The summed E-state index contributed by atoms with van der Waals surface area (Å²) >= 11 is 0. The number of aryl methyl sites for hydroxylation is 1. The Labute approximate surface area is 145 Å². The van der Waals surface area contributed by atoms with Gasteiger partial charge in [0.2, 0.25) is 0 Å². The van der Waals surface area contributed by atoms with E-state index in [4.69, 9.17) is 14.6 Å². The highest BCUT2D eigenvalue weighted by Gasteiger charge is 2.23. The molecule has 0 spiro atoms. The molecule has 2 aromatic rings. The summed E-state index contributed by atoms with van der Waals surface area (Å²) in [5, 5.41) is 11.6. The molecule has 0 aliphatic carbocycles. The first-order chi connectivity index (χ1) is 12.0. The quantitative estimate of drug-likeness (QED) is 0.871. The zero-order valence-corrected chi connectivity index (χ0v) is 13.8. The van der Waals surface area contributed by atoms with Crippen LogP contribution < -0.4 is 14.8 Å². The third-order valence-electron chi connectivity index (χ3n) is 4.07. The van der Waals surface area contributed by atoms with Gasteiger partial charge in [0.05, 0.1) is 6.04 Å². The number of carboxylic acids is 1. The Morgan fingerprint density at radius 1 is 1.24 bits per heavy atom. The summed E-state index contributed by atoms with van der Waals surface area (Å²) in [4.78, 5) is 22.9. The van der Waals surface area contributed by atoms with Gasteiger partial charge in [0.25, 0.3) is 5.91 Å². The van der Waals surface area contributed by atoms with E-state index in [1.807, 2.05) is 25.1 Å². The van der Waals surface area contributed by atoms with Crippen LogP contribution in [0.1, 0.15) is 21.5 Å². The van der Waals surface area contributed by atoms with Crippen molar-refractivity contribution in [2.75, 3.05) is 13.2 Å². The van der Waals surface area contributed by atoms with Gasteiger partial charge in [-0.3, -0.25) is 4.79 Å². The first-order valence-corrected chi connectivity index (χ1v) is 8.00. The molecule has 130 valence electrons. The van der Waals surface area contributed by atoms with Gasteiger partial charge < -0.3 is 19.9 Å². The molecule has 1 aliphatic rings. The van der Waals surface area contributed by atoms with Gasteiger partial charge in [-0.2, -0.15) is 0 Å². The fraction of sp³-hybridized carbons (Fsp3) is 0.263. The van der Waals surface area contributed by atoms with Crippen molar-refractivity contribution in [3.63, 3.8) is 0 Å². The predicted octanol–water partition coefficient (Wildman–Crippen LogP) is 2.19. The van der Waals surface area contributed by atoms with Gasteiger partial charge in [-0.15, -0.1) is 0 Å². The molecular formula is C19H19NO5. The van der Waals surface area contributed by atoms with Crippen LogP contribution in [0.2, 0.25) is 0 Å². The number of fused-ring (bicyclic) bond motifs is 1. The van der Waals surface area contributed by atoms with E-state index in [-0.39, 0.29) is 11.9 Å². The predicted molar refractivity (Wildman–Crippen MR) is 91.2 cm³/mol. The third kappa shape index (κ3) is 4.09. The minimum absolute atomic E-state index is 0.0935. The number of carbonyl (C=O) groups excluding carboxylic acids is 1. The van der Waals surface area contributed by atoms with Crippen LogP contribution in [0.4, 0.5) is 0 Å². The van der Waals surface area contributed by atoms with Crippen LogP contribution in [0.5, 0.6) is 11.5 Å². The van der Waals surface area contributed by atoms with E-state index < -0.39 is 12.6 Å². The van der Waals surface area contributed by atoms with E-state index >= 15 is 0 Å². The molecule has 1 atom stereocenters. The Morgan fingerprint density at radius 2 is 2.00 bits per heavy atom. The van der Waals surface area contributed by atoms with Crippen molar-refractivity contribution in [1.29, 1.82) is 0 Å². The lowest BCUT2D eigenvalue weighted by atomic mass is 9.98. The van der Waals surface area contributed by atoms with Crippen LogP contribution in [0, 0.1) is 6.92 Å². The molecule has 3 rings (SSSR count). The van der Waals surface area contributed by atoms with Crippen LogP contribution in [0.25, 0.3) is 0 Å². The second-order valence-corrected chi connectivity index (χ2v) is 5.94. The summed E-state index contributed by atoms with van der Waals surface area (Å²) in [5.41, 5.74) is 2.76. The number of carboxylic acid groups (broad SMARTS) is 1. The van der Waals surface area contributed by atoms with Crippen molar-refractivity contribution < 1.29 is 24.2 Å². The maximum atomic E-state index is 12.4. The molecule has 2 N–H and O–H groups in total. The highest BCUT2D eigenvalue weighted by molar-refractivity contribution is 5.94. The molecule has 1 amide bonds. The molecule has 1 aliphatic heterocycles. The summed E-state index contributed by atoms with van der Waals surface area (Å²) in [5.74, 6) is 0.0417. The van der Waals surface area contributed by atoms with Crippen molar-refractivity contribution in [2.24, 2.45) is 0 Å². The molecule has 25 heavy (non-hydrogen) atoms. The summed E-state index contributed by atoms with van der Waals surface area (Å²) < 4.78 is 10.8. The lowest BCUT2D eigenvalue weighted by Crippen LogP contribution is -2.42. The maximum Gasteiger partial charge on any atom is 0.341 e. The molecule has 0 aromatic heterocycles. The summed E-state index contributed by atoms with van der Waals surface area (Å²) in [6.45, 7) is 2.05. The number of benzene rings is 2. The fourth-order valence-corrected chi connectivity index (χ4v) is 2.78. The first kappa shape index (κ1) is 16.8. The van der Waals surface area contributed by atoms with E-state index in [2.05, 4.69) is 5.32 Å². The molecule has 6 heteroatoms. The van der Waals surface area contributed by atoms with Crippen LogP contribution in [0.3, 0.4) is 0 Å². The van der Waals surface area contributed by atoms with Crippen LogP contribution in [0.15, 0.2) is 42.5 Å². The third-order valence-corrected chi connectivity index (χ3v) is 4.07. The second kappa shape index (κ2) is 7.25. The van der Waals surface area contributed by atoms with Crippen LogP contribution in [-0.4, -0.2) is 36.2 Å². The van der Waals surface area contributed by atoms with Crippen LogP contribution in [-0.2, 0) is 11.2 Å². The van der Waals surface area contributed by atoms with E-state index in [0.29, 0.717) is 17.9 Å². The molecule has 0 saturated heterocycles. The summed E-state index contributed by atoms with van der Waals surface area (Å²) in [6, 6.07) is 12.2. The van der Waals surface area contributed by atoms with Crippen molar-refractivity contribution in [2.45, 2.75) is 19.4 Å². The van der Waals surface area contributed by atoms with E-state index in [1.165, 1.54) is 0 Å². The summed E-state index contributed by atoms with van der Waals surface area (Å²) in [6.07, 6.45) is 0.730. The average molecular weight is 341 g/mol. The van der Waals surface area contributed by atoms with Gasteiger partial charge in [-0.05, 0) is 54.8 Å². The van der Waals surface area contributed by atoms with Gasteiger partial charge >= 0.3 is 5.97 Å². The Balaban J connectivity index is 1.61. The van der Waals surface area contributed by atoms with Gasteiger partial charge in [0, 0.05) is 5.56 Å². The fourth-order valence-electron chi connectivity index (χ4n) is 2.78. The van der Waals surface area contributed by atoms with E-state index in [9.17, 15) is 9.59 Å². The Morgan fingerprint density at radius 3 is 2.72 bits per heavy atom. The minimum Gasteiger partial charge on any atom is -0.491 e. The number of amides is 1. The molecule has 2 aromatic carbocycles. The zero-order chi connectivity index (χ0) is 17.8. The Hall–Kier alpha value is -3.02. The van der Waals surface area contributed by atoms with Gasteiger partial charge in [-0.1, -0.05) is 12.1 Å². The average Bonchev–Trinajstić information content (AvgIpc) is 2.61. The number of rotatable bonds is 5. The van der Waals surface area contributed by atoms with Crippen molar-refractivity contribution in [3.8, 4) is 11.5 Å². The second-order valence-electron chi connectivity index (χ2n) is 5.94. The largest absolute Gasteiger partial charge is 0.491 e. The normalized spacial score (nSPS) is 15.6. The number of hydrogen-bond acceptors (Lipinski definition) is 4. The summed E-state index contributed by atoms with van der Waals surface area (Å²) in [7, 11) is 0. The van der Waals surface area contributed by atoms with Gasteiger partial charge in [-0.25, -0.2) is 4.79 Å². The Kier molecular flexibility index (Phi) is 4.88. The van der Waals surface area contributed by atoms with Crippen LogP contribution >= 0.6 is 0 Å². The number of nitrogens with one attached hydrogen (secondary N) is 1. The van der Waals surface area contributed by atoms with Crippen molar-refractivity contribution >= 4 is 11.9 Å². The maximum absolute atomic E-state index is 12.4. The molecule has 1 heterocycles. The van der Waals surface area contributed by atoms with Gasteiger partial charge in [0.15, 0.2) is 6.61 Å². The molecule has 6 nitrogen and oxygen atoms in total. The van der Waals surface area contributed by atoms with Crippen molar-refractivity contribution in [1.82, 2.24) is 5.32 Å². The number of aliphatic carboxylic acids is 1. The molecule has 0 radical (unpaired) electrons. The number of carbonyl (C=O) groups is 2. The molecule has 1 unspecified atom stereocenters. The van der Waals surface area contributed by atoms with Gasteiger partial charge in [0.1, 0.15) is 18.1 Å². The monoisotopic (exact) mass is 341 g/mol. The first-order valence-electron chi connectivity index (χ1n) is 8.00. The SMILES string of the molecule is Cc1cccc2c1CC(NC(=O)c1ccc(OCC(=O)O)cc1)CO2. The standard InChI is InChI=1S/C19H19NO5/c1-12-3-2-4-17-16(12)9-14(10-25-17)20-19(23)13-5-7-15(8-6-13)24-11-18(21)22/h2-8,14H,9-11H2,1H3,(H,20,23)(H,21,22). The molecule has 0 saturated carbocycles. The topological polar surface area (TPSA) is 84.9 Å². The number of ether oxygens (including phenoxy) is 2. The highest BCUT2D eigenvalue weighted by Crippen LogP contribution is 2.27. The molecule has 0 fully saturated rings. The zero-order valence-electron chi connectivity index (χ0n) is 13.8. The molecule has 0 bridgehead atoms. The highest BCUT2D eigenvalue weighted by atomic mass is 16.5. The minimum atomic E-state index is -1.05. The smallest absolute Gasteiger partial charge is 0.341 e. The Bertz CT molecular complexity index is 785. The van der Waals surface area contributed by atoms with Crippen molar-refractivity contribution in [3.05, 3.63) is 59.2 Å².